The molecule has 1 aromatic rings. The van der Waals surface area contributed by atoms with Crippen LogP contribution in [0.25, 0.3) is 0 Å². The molecule has 2 amide bonds. The van der Waals surface area contributed by atoms with Gasteiger partial charge in [-0.05, 0) is 37.5 Å². The van der Waals surface area contributed by atoms with E-state index in [1.807, 2.05) is 36.9 Å². The van der Waals surface area contributed by atoms with Gasteiger partial charge in [0.2, 0.25) is 0 Å². The average Bonchev–Trinajstić information content (AvgIpc) is 2.58. The fourth-order valence-corrected chi connectivity index (χ4v) is 3.30. The Bertz CT molecular complexity index is 630. The number of nitrogens with one attached hydrogen (secondary N) is 1. The Morgan fingerprint density at radius 1 is 1.16 bits per heavy atom. The molecule has 0 saturated carbocycles. The molecule has 0 aromatic heterocycles. The number of fused-ring (bicyclic) bond motifs is 1. The molecule has 138 valence electrons. The van der Waals surface area contributed by atoms with E-state index in [-0.39, 0.29) is 23.6 Å². The SMILES string of the molecule is CC(C)C(NC(=O)N1CCOC(C)(C)C1)c1ccc2c(c1)OCCO2. The van der Waals surface area contributed by atoms with Crippen molar-refractivity contribution in [3.8, 4) is 11.5 Å². The van der Waals surface area contributed by atoms with Crippen LogP contribution >= 0.6 is 0 Å². The quantitative estimate of drug-likeness (QED) is 0.912. The summed E-state index contributed by atoms with van der Waals surface area (Å²) in [5.74, 6) is 1.76. The van der Waals surface area contributed by atoms with Gasteiger partial charge in [-0.15, -0.1) is 0 Å². The predicted octanol–water partition coefficient (Wildman–Crippen LogP) is 2.98. The molecule has 6 nitrogen and oxygen atoms in total. The monoisotopic (exact) mass is 348 g/mol. The summed E-state index contributed by atoms with van der Waals surface area (Å²) in [5.41, 5.74) is 0.722. The van der Waals surface area contributed by atoms with Gasteiger partial charge in [-0.3, -0.25) is 0 Å². The van der Waals surface area contributed by atoms with Crippen molar-refractivity contribution >= 4 is 6.03 Å². The lowest BCUT2D eigenvalue weighted by atomic mass is 9.95. The summed E-state index contributed by atoms with van der Waals surface area (Å²) in [4.78, 5) is 14.6. The fourth-order valence-electron chi connectivity index (χ4n) is 3.30. The van der Waals surface area contributed by atoms with Gasteiger partial charge in [0.05, 0.1) is 24.8 Å². The van der Waals surface area contributed by atoms with Crippen molar-refractivity contribution in [1.29, 1.82) is 0 Å². The van der Waals surface area contributed by atoms with E-state index >= 15 is 0 Å². The molecule has 2 heterocycles. The van der Waals surface area contributed by atoms with Gasteiger partial charge in [-0.25, -0.2) is 4.79 Å². The van der Waals surface area contributed by atoms with E-state index in [0.29, 0.717) is 32.9 Å². The summed E-state index contributed by atoms with van der Waals surface area (Å²) in [5, 5.41) is 3.18. The molecule has 6 heteroatoms. The van der Waals surface area contributed by atoms with Crippen LogP contribution in [0.2, 0.25) is 0 Å². The number of nitrogens with zero attached hydrogens (tertiary/aromatic N) is 1. The van der Waals surface area contributed by atoms with Crippen LogP contribution in [-0.4, -0.2) is 49.4 Å². The molecule has 0 spiro atoms. The molecule has 0 radical (unpaired) electrons. The molecular formula is C19H28N2O4. The standard InChI is InChI=1S/C19H28N2O4/c1-13(2)17(14-5-6-15-16(11-14)24-10-9-23-15)20-18(22)21-7-8-25-19(3,4)12-21/h5-6,11,13,17H,7-10,12H2,1-4H3,(H,20,22). The van der Waals surface area contributed by atoms with E-state index in [1.165, 1.54) is 0 Å². The number of morpholine rings is 1. The van der Waals surface area contributed by atoms with Crippen molar-refractivity contribution in [2.75, 3.05) is 32.9 Å². The molecule has 1 aromatic carbocycles. The van der Waals surface area contributed by atoms with Crippen LogP contribution in [-0.2, 0) is 4.74 Å². The minimum Gasteiger partial charge on any atom is -0.486 e. The predicted molar refractivity (Wildman–Crippen MR) is 95.1 cm³/mol. The number of urea groups is 1. The minimum absolute atomic E-state index is 0.0510. The third-order valence-electron chi connectivity index (χ3n) is 4.58. The first-order valence-electron chi connectivity index (χ1n) is 8.95. The number of amides is 2. The maximum atomic E-state index is 12.8. The van der Waals surface area contributed by atoms with Crippen molar-refractivity contribution < 1.29 is 19.0 Å². The molecule has 2 aliphatic rings. The first-order valence-corrected chi connectivity index (χ1v) is 8.95. The van der Waals surface area contributed by atoms with Gasteiger partial charge in [0.25, 0.3) is 0 Å². The number of hydrogen-bond acceptors (Lipinski definition) is 4. The summed E-state index contributed by atoms with van der Waals surface area (Å²) in [6, 6.07) is 5.76. The van der Waals surface area contributed by atoms with E-state index in [9.17, 15) is 4.79 Å². The molecule has 1 unspecified atom stereocenters. The molecule has 1 N–H and O–H groups in total. The number of rotatable bonds is 3. The van der Waals surface area contributed by atoms with Crippen LogP contribution in [0, 0.1) is 5.92 Å². The molecule has 25 heavy (non-hydrogen) atoms. The third kappa shape index (κ3) is 4.18. The number of benzene rings is 1. The molecule has 1 atom stereocenters. The number of ether oxygens (including phenoxy) is 3. The van der Waals surface area contributed by atoms with Crippen LogP contribution in [0.15, 0.2) is 18.2 Å². The molecule has 0 aliphatic carbocycles. The van der Waals surface area contributed by atoms with Crippen molar-refractivity contribution in [3.05, 3.63) is 23.8 Å². The Balaban J connectivity index is 1.74. The van der Waals surface area contributed by atoms with Gasteiger partial charge in [0, 0.05) is 6.54 Å². The summed E-state index contributed by atoms with van der Waals surface area (Å²) in [6.07, 6.45) is 0. The van der Waals surface area contributed by atoms with E-state index in [1.54, 1.807) is 0 Å². The first-order chi connectivity index (χ1) is 11.9. The van der Waals surface area contributed by atoms with Crippen LogP contribution in [0.4, 0.5) is 4.79 Å². The first kappa shape index (κ1) is 17.9. The van der Waals surface area contributed by atoms with Crippen molar-refractivity contribution in [1.82, 2.24) is 10.2 Å². The van der Waals surface area contributed by atoms with E-state index in [4.69, 9.17) is 14.2 Å². The Hall–Kier alpha value is -1.95. The summed E-state index contributed by atoms with van der Waals surface area (Å²) < 4.78 is 17.0. The third-order valence-corrected chi connectivity index (χ3v) is 4.58. The molecule has 1 fully saturated rings. The van der Waals surface area contributed by atoms with Crippen LogP contribution < -0.4 is 14.8 Å². The molecule has 2 aliphatic heterocycles. The highest BCUT2D eigenvalue weighted by molar-refractivity contribution is 5.75. The number of carbonyl (C=O) groups excluding carboxylic acids is 1. The summed E-state index contributed by atoms with van der Waals surface area (Å²) in [7, 11) is 0. The van der Waals surface area contributed by atoms with E-state index in [2.05, 4.69) is 19.2 Å². The lowest BCUT2D eigenvalue weighted by Crippen LogP contribution is -2.54. The maximum absolute atomic E-state index is 12.8. The molecule has 0 bridgehead atoms. The van der Waals surface area contributed by atoms with Gasteiger partial charge in [0.15, 0.2) is 11.5 Å². The Labute approximate surface area is 149 Å². The van der Waals surface area contributed by atoms with Crippen LogP contribution in [0.5, 0.6) is 11.5 Å². The van der Waals surface area contributed by atoms with Gasteiger partial charge >= 0.3 is 6.03 Å². The van der Waals surface area contributed by atoms with Gasteiger partial charge < -0.3 is 24.4 Å². The topological polar surface area (TPSA) is 60.0 Å². The second kappa shape index (κ2) is 7.12. The Morgan fingerprint density at radius 2 is 1.88 bits per heavy atom. The lowest BCUT2D eigenvalue weighted by Gasteiger charge is -2.39. The van der Waals surface area contributed by atoms with Crippen molar-refractivity contribution in [3.63, 3.8) is 0 Å². The zero-order valence-corrected chi connectivity index (χ0v) is 15.5. The minimum atomic E-state index is -0.306. The van der Waals surface area contributed by atoms with Gasteiger partial charge in [-0.1, -0.05) is 19.9 Å². The second-order valence-electron chi connectivity index (χ2n) is 7.60. The lowest BCUT2D eigenvalue weighted by molar-refractivity contribution is -0.0736. The average molecular weight is 348 g/mol. The van der Waals surface area contributed by atoms with Gasteiger partial charge in [-0.2, -0.15) is 0 Å². The molecular weight excluding hydrogens is 320 g/mol. The molecule has 1 saturated heterocycles. The van der Waals surface area contributed by atoms with E-state index in [0.717, 1.165) is 17.1 Å². The second-order valence-corrected chi connectivity index (χ2v) is 7.60. The summed E-state index contributed by atoms with van der Waals surface area (Å²) >= 11 is 0. The number of carbonyl (C=O) groups is 1. The van der Waals surface area contributed by atoms with Crippen molar-refractivity contribution in [2.45, 2.75) is 39.3 Å². The van der Waals surface area contributed by atoms with E-state index < -0.39 is 0 Å². The smallest absolute Gasteiger partial charge is 0.318 e. The normalized spacial score (nSPS) is 20.3. The largest absolute Gasteiger partial charge is 0.486 e. The number of hydrogen-bond donors (Lipinski definition) is 1. The highest BCUT2D eigenvalue weighted by atomic mass is 16.6. The van der Waals surface area contributed by atoms with Crippen molar-refractivity contribution in [2.24, 2.45) is 5.92 Å². The highest BCUT2D eigenvalue weighted by Crippen LogP contribution is 2.34. The molecule has 3 rings (SSSR count). The highest BCUT2D eigenvalue weighted by Gasteiger charge is 2.31. The zero-order valence-electron chi connectivity index (χ0n) is 15.5. The van der Waals surface area contributed by atoms with Crippen LogP contribution in [0.3, 0.4) is 0 Å². The summed E-state index contributed by atoms with van der Waals surface area (Å²) in [6.45, 7) is 11.1. The fraction of sp³-hybridized carbons (Fsp3) is 0.632. The Morgan fingerprint density at radius 3 is 2.56 bits per heavy atom. The van der Waals surface area contributed by atoms with Gasteiger partial charge in [0.1, 0.15) is 13.2 Å². The van der Waals surface area contributed by atoms with Crippen LogP contribution in [0.1, 0.15) is 39.3 Å². The zero-order chi connectivity index (χ0) is 18.0. The Kier molecular flexibility index (Phi) is 5.08. The maximum Gasteiger partial charge on any atom is 0.318 e.